The zero-order valence-electron chi connectivity index (χ0n) is 76.1. The Bertz CT molecular complexity index is 5350. The van der Waals surface area contributed by atoms with Crippen LogP contribution in [0, 0.1) is 5.92 Å². The van der Waals surface area contributed by atoms with E-state index in [1.807, 2.05) is 0 Å². The standard InChI is InChI=1S/C127H137N/c1-3-97(2)82-114(99-52-21-5-22-53-99)84-116(101-56-25-7-26-57-101)86-118(103-60-29-9-30-61-103)88-120(105-64-33-11-34-65-105)90-122(107-68-37-13-38-69-107)92-124(109-72-41-15-42-73-109)94-126(111-76-45-17-46-77-111)96-127(112-78-47-18-48-79-112)95-125(110-74-43-16-44-75-110)93-123(108-70-39-14-40-71-108)91-121(106-66-35-12-36-67-106)89-119(104-62-31-10-32-63-104)87-117(102-58-27-8-28-59-102)85-115(100-54-23-6-24-55-100)83-113(80-49-81-128)98-50-19-4-20-51-98/h4-48,50-79,97,113-127H,3,49,80-96,128H2,1-2H3. The van der Waals surface area contributed by atoms with Crippen molar-refractivity contribution < 1.29 is 0 Å². The first kappa shape index (κ1) is 91.0. The fraction of sp³-hybridized carbons (Fsp3) is 0.291. The molecule has 16 unspecified atom stereocenters. The molecule has 0 aliphatic rings. The molecule has 650 valence electrons. The third-order valence-corrected chi connectivity index (χ3v) is 29.2. The second kappa shape index (κ2) is 49.0. The van der Waals surface area contributed by atoms with Gasteiger partial charge in [-0.3, -0.25) is 0 Å². The van der Waals surface area contributed by atoms with Crippen LogP contribution in [0.25, 0.3) is 0 Å². The fourth-order valence-electron chi connectivity index (χ4n) is 22.3. The Morgan fingerprint density at radius 2 is 0.250 bits per heavy atom. The summed E-state index contributed by atoms with van der Waals surface area (Å²) < 4.78 is 0. The third kappa shape index (κ3) is 26.7. The molecule has 0 radical (unpaired) electrons. The van der Waals surface area contributed by atoms with E-state index in [0.717, 1.165) is 103 Å². The lowest BCUT2D eigenvalue weighted by atomic mass is 9.69. The van der Waals surface area contributed by atoms with Gasteiger partial charge in [-0.1, -0.05) is 475 Å². The van der Waals surface area contributed by atoms with Crippen molar-refractivity contribution >= 4 is 0 Å². The molecule has 0 amide bonds. The molecule has 15 aromatic rings. The van der Waals surface area contributed by atoms with Crippen LogP contribution in [-0.2, 0) is 0 Å². The molecule has 0 saturated carbocycles. The van der Waals surface area contributed by atoms with E-state index in [0.29, 0.717) is 48.0 Å². The monoisotopic (exact) mass is 1680 g/mol. The Labute approximate surface area is 769 Å². The molecule has 2 N–H and O–H groups in total. The molecule has 0 aliphatic heterocycles. The van der Waals surface area contributed by atoms with Crippen molar-refractivity contribution in [2.75, 3.05) is 6.54 Å². The van der Waals surface area contributed by atoms with Crippen molar-refractivity contribution in [3.05, 3.63) is 538 Å². The van der Waals surface area contributed by atoms with Gasteiger partial charge in [-0.25, -0.2) is 0 Å². The first-order valence-corrected chi connectivity index (χ1v) is 48.7. The maximum absolute atomic E-state index is 6.36. The summed E-state index contributed by atoms with van der Waals surface area (Å²) in [6, 6.07) is 175. The highest BCUT2D eigenvalue weighted by Gasteiger charge is 2.36. The molecule has 0 bridgehead atoms. The summed E-state index contributed by atoms with van der Waals surface area (Å²) >= 11 is 0. The SMILES string of the molecule is CCC(C)CC(CC(CC(CC(CC(CC(CC(CC(CC(CC(CC(CC(CC(CC(CC(CCCN)c1ccccc1)c1ccccc1)c1ccccc1)c1ccccc1)c1ccccc1)c1ccccc1)c1ccccc1)c1ccccc1)c1ccccc1)c1ccccc1)c1ccccc1)c1ccccc1)c1ccccc1)c1ccccc1)c1ccccc1. The molecule has 0 heterocycles. The zero-order valence-corrected chi connectivity index (χ0v) is 76.1. The van der Waals surface area contributed by atoms with Crippen LogP contribution in [0.1, 0.15) is 302 Å². The van der Waals surface area contributed by atoms with Crippen molar-refractivity contribution in [3.63, 3.8) is 0 Å². The number of hydrogen-bond donors (Lipinski definition) is 1. The van der Waals surface area contributed by atoms with Gasteiger partial charge in [0.05, 0.1) is 0 Å². The average molecular weight is 1680 g/mol. The number of nitrogens with two attached hydrogens (primary N) is 1. The molecule has 16 atom stereocenters. The summed E-state index contributed by atoms with van der Waals surface area (Å²) in [5.41, 5.74) is 28.0. The molecule has 15 aromatic carbocycles. The number of hydrogen-bond acceptors (Lipinski definition) is 1. The highest BCUT2D eigenvalue weighted by Crippen LogP contribution is 2.53. The molecule has 0 saturated heterocycles. The van der Waals surface area contributed by atoms with Gasteiger partial charge < -0.3 is 5.73 Å². The normalized spacial score (nSPS) is 15.4. The first-order chi connectivity index (χ1) is 63.3. The summed E-state index contributed by atoms with van der Waals surface area (Å²) in [5.74, 6) is 5.11. The van der Waals surface area contributed by atoms with Crippen molar-refractivity contribution in [1.82, 2.24) is 0 Å². The predicted octanol–water partition coefficient (Wildman–Crippen LogP) is 34.4. The van der Waals surface area contributed by atoms with Crippen molar-refractivity contribution in [2.45, 2.75) is 218 Å². The molecule has 0 fully saturated rings. The van der Waals surface area contributed by atoms with Gasteiger partial charge >= 0.3 is 0 Å². The molecular formula is C127H137N. The maximum Gasteiger partial charge on any atom is -0.00771 e. The number of benzene rings is 15. The fourth-order valence-corrected chi connectivity index (χ4v) is 22.3. The molecule has 128 heavy (non-hydrogen) atoms. The summed E-state index contributed by atoms with van der Waals surface area (Å²) in [7, 11) is 0. The van der Waals surface area contributed by atoms with E-state index < -0.39 is 0 Å². The minimum Gasteiger partial charge on any atom is -0.330 e. The second-order valence-electron chi connectivity index (χ2n) is 37.6. The van der Waals surface area contributed by atoms with Crippen molar-refractivity contribution in [2.24, 2.45) is 11.7 Å². The van der Waals surface area contributed by atoms with Crippen LogP contribution in [0.15, 0.2) is 455 Å². The molecule has 1 heteroatoms. The van der Waals surface area contributed by atoms with Gasteiger partial charge in [-0.05, 0) is 294 Å². The summed E-state index contributed by atoms with van der Waals surface area (Å²) in [6.07, 6.45) is 19.0. The van der Waals surface area contributed by atoms with Crippen LogP contribution in [0.3, 0.4) is 0 Å². The van der Waals surface area contributed by atoms with Crippen molar-refractivity contribution in [1.29, 1.82) is 0 Å². The average Bonchev–Trinajstić information content (AvgIpc) is 0.819. The lowest BCUT2D eigenvalue weighted by molar-refractivity contribution is 0.356. The smallest absolute Gasteiger partial charge is 0.00771 e. The quantitative estimate of drug-likeness (QED) is 0.0404. The van der Waals surface area contributed by atoms with Gasteiger partial charge in [0.15, 0.2) is 0 Å². The Balaban J connectivity index is 0.764. The van der Waals surface area contributed by atoms with E-state index in [4.69, 9.17) is 5.73 Å². The van der Waals surface area contributed by atoms with Gasteiger partial charge in [-0.2, -0.15) is 0 Å². The minimum atomic E-state index is 0.241. The van der Waals surface area contributed by atoms with Gasteiger partial charge in [0.2, 0.25) is 0 Å². The van der Waals surface area contributed by atoms with E-state index >= 15 is 0 Å². The topological polar surface area (TPSA) is 26.0 Å². The summed E-state index contributed by atoms with van der Waals surface area (Å²) in [4.78, 5) is 0. The minimum absolute atomic E-state index is 0.241. The Hall–Kier alpha value is -11.7. The lowest BCUT2D eigenvalue weighted by Gasteiger charge is -2.35. The van der Waals surface area contributed by atoms with Crippen LogP contribution >= 0.6 is 0 Å². The van der Waals surface area contributed by atoms with Gasteiger partial charge in [0, 0.05) is 0 Å². The van der Waals surface area contributed by atoms with Crippen LogP contribution in [0.5, 0.6) is 0 Å². The van der Waals surface area contributed by atoms with Crippen LogP contribution in [-0.4, -0.2) is 6.54 Å². The molecular weight excluding hydrogens is 1540 g/mol. The van der Waals surface area contributed by atoms with E-state index in [-0.39, 0.29) is 53.3 Å². The van der Waals surface area contributed by atoms with Crippen molar-refractivity contribution in [3.8, 4) is 0 Å². The molecule has 1 nitrogen and oxygen atoms in total. The van der Waals surface area contributed by atoms with E-state index in [9.17, 15) is 0 Å². The Morgan fingerprint density at radius 1 is 0.148 bits per heavy atom. The molecule has 0 aromatic heterocycles. The van der Waals surface area contributed by atoms with Gasteiger partial charge in [-0.15, -0.1) is 0 Å². The van der Waals surface area contributed by atoms with E-state index in [2.05, 4.69) is 469 Å². The Kier molecular flexibility index (Phi) is 34.8. The summed E-state index contributed by atoms with van der Waals surface area (Å²) in [6.45, 7) is 5.54. The second-order valence-corrected chi connectivity index (χ2v) is 37.6. The van der Waals surface area contributed by atoms with Crippen LogP contribution in [0.2, 0.25) is 0 Å². The van der Waals surface area contributed by atoms with Gasteiger partial charge in [0.25, 0.3) is 0 Å². The zero-order chi connectivity index (χ0) is 87.4. The molecule has 15 rings (SSSR count). The lowest BCUT2D eigenvalue weighted by Crippen LogP contribution is -2.19. The first-order valence-electron chi connectivity index (χ1n) is 48.7. The van der Waals surface area contributed by atoms with Crippen LogP contribution < -0.4 is 5.73 Å². The third-order valence-electron chi connectivity index (χ3n) is 29.2. The highest BCUT2D eigenvalue weighted by molar-refractivity contribution is 5.38. The van der Waals surface area contributed by atoms with Gasteiger partial charge in [0.1, 0.15) is 0 Å². The maximum atomic E-state index is 6.36. The molecule has 0 spiro atoms. The van der Waals surface area contributed by atoms with E-state index in [1.54, 1.807) is 0 Å². The number of rotatable bonds is 49. The highest BCUT2D eigenvalue weighted by atomic mass is 14.5. The Morgan fingerprint density at radius 3 is 0.359 bits per heavy atom. The van der Waals surface area contributed by atoms with E-state index in [1.165, 1.54) is 96.3 Å². The predicted molar refractivity (Wildman–Crippen MR) is 545 cm³/mol. The molecule has 0 aliphatic carbocycles. The summed E-state index contributed by atoms with van der Waals surface area (Å²) in [5, 5.41) is 0. The van der Waals surface area contributed by atoms with Crippen LogP contribution in [0.4, 0.5) is 0 Å². The largest absolute Gasteiger partial charge is 0.330 e.